The number of alkyl halides is 3. The summed E-state index contributed by atoms with van der Waals surface area (Å²) in [5, 5.41) is -0.380. The van der Waals surface area contributed by atoms with Crippen molar-refractivity contribution in [3.63, 3.8) is 0 Å². The molecule has 2 atom stereocenters. The van der Waals surface area contributed by atoms with Gasteiger partial charge in [-0.3, -0.25) is 9.69 Å². The van der Waals surface area contributed by atoms with Gasteiger partial charge in [0, 0.05) is 56.2 Å². The van der Waals surface area contributed by atoms with Crippen molar-refractivity contribution >= 4 is 22.4 Å². The van der Waals surface area contributed by atoms with Gasteiger partial charge < -0.3 is 24.7 Å². The van der Waals surface area contributed by atoms with Crippen LogP contribution in [0.1, 0.15) is 30.0 Å². The van der Waals surface area contributed by atoms with Gasteiger partial charge in [-0.25, -0.2) is 14.4 Å². The molecule has 0 aliphatic carbocycles. The van der Waals surface area contributed by atoms with Gasteiger partial charge in [0.1, 0.15) is 12.4 Å². The number of rotatable bonds is 7. The Balaban J connectivity index is 1.43. The highest BCUT2D eigenvalue weighted by Crippen LogP contribution is 2.41. The van der Waals surface area contributed by atoms with E-state index >= 15 is 0 Å². The van der Waals surface area contributed by atoms with Crippen LogP contribution in [-0.4, -0.2) is 58.5 Å². The Morgan fingerprint density at radius 1 is 1.16 bits per heavy atom. The number of hydrogen-bond acceptors (Lipinski definition) is 8. The Morgan fingerprint density at radius 2 is 1.98 bits per heavy atom. The molecule has 232 valence electrons. The molecule has 0 amide bonds. The molecular weight excluding hydrogens is 587 g/mol. The number of methoxy groups -OCH3 is 1. The van der Waals surface area contributed by atoms with E-state index in [1.165, 1.54) is 7.11 Å². The van der Waals surface area contributed by atoms with Gasteiger partial charge in [0.2, 0.25) is 11.7 Å². The molecule has 1 saturated heterocycles. The van der Waals surface area contributed by atoms with E-state index in [0.29, 0.717) is 30.9 Å². The minimum absolute atomic E-state index is 0.0119. The second-order valence-corrected chi connectivity index (χ2v) is 11.0. The maximum absolute atomic E-state index is 14.6. The summed E-state index contributed by atoms with van der Waals surface area (Å²) in [6.45, 7) is 0.588. The quantitative estimate of drug-likeness (QED) is 0.295. The Hall–Kier alpha value is -4.46. The fraction of sp³-hybridized carbons (Fsp3) is 0.367. The maximum atomic E-state index is 14.6. The molecule has 5 heterocycles. The van der Waals surface area contributed by atoms with Crippen LogP contribution in [0, 0.1) is 11.6 Å². The number of ether oxygens (including phenoxy) is 2. The number of pyridine rings is 3. The Kier molecular flexibility index (Phi) is 7.78. The topological polar surface area (TPSA) is 98.7 Å². The lowest BCUT2D eigenvalue weighted by Gasteiger charge is -2.40. The highest BCUT2D eigenvalue weighted by atomic mass is 19.4. The van der Waals surface area contributed by atoms with E-state index in [9.17, 15) is 26.7 Å². The summed E-state index contributed by atoms with van der Waals surface area (Å²) >= 11 is 0. The number of hydrogen-bond donors (Lipinski definition) is 1. The highest BCUT2D eigenvalue weighted by molar-refractivity contribution is 5.86. The summed E-state index contributed by atoms with van der Waals surface area (Å²) in [5.74, 6) is -2.75. The molecule has 1 unspecified atom stereocenters. The largest absolute Gasteiger partial charge is 0.486 e. The minimum Gasteiger partial charge on any atom is -0.486 e. The number of piperidine rings is 1. The molecule has 1 aromatic carbocycles. The molecule has 9 nitrogen and oxygen atoms in total. The number of nitrogen functional groups attached to an aromatic ring is 1. The van der Waals surface area contributed by atoms with E-state index < -0.39 is 47.2 Å². The third kappa shape index (κ3) is 5.61. The first-order valence-electron chi connectivity index (χ1n) is 14.0. The second-order valence-electron chi connectivity index (χ2n) is 11.0. The van der Waals surface area contributed by atoms with Crippen molar-refractivity contribution in [3.8, 4) is 11.6 Å². The van der Waals surface area contributed by atoms with Gasteiger partial charge in [-0.15, -0.1) is 0 Å². The predicted octanol–water partition coefficient (Wildman–Crippen LogP) is 4.83. The Morgan fingerprint density at radius 3 is 2.70 bits per heavy atom. The Bertz CT molecular complexity index is 1750. The molecule has 44 heavy (non-hydrogen) atoms. The molecule has 2 N–H and O–H groups in total. The first kappa shape index (κ1) is 29.6. The monoisotopic (exact) mass is 616 g/mol. The summed E-state index contributed by atoms with van der Waals surface area (Å²) in [6, 6.07) is 5.43. The van der Waals surface area contributed by atoms with Crippen molar-refractivity contribution in [2.45, 2.75) is 44.2 Å². The molecule has 0 bridgehead atoms. The lowest BCUT2D eigenvalue weighted by molar-refractivity contribution is -0.175. The standard InChI is InChI=1S/C30H29F5N6O3/c1-43-25-9-17(6-7-37-25)12-40(20-3-2-8-39(15-20)19-4-5-24(36)38-11-19)13-18-14-41-23(30(33,34)35)16-44-29-26(32)22(31)10-21(27(29)41)28(18)42/h4-7,9-11,14,20,23H,2-3,8,12-13,15-16H2,1H3,(H2,36,38)/t20-,23?/m0/s1. The van der Waals surface area contributed by atoms with Crippen molar-refractivity contribution in [3.05, 3.63) is 81.9 Å². The minimum atomic E-state index is -4.77. The fourth-order valence-electron chi connectivity index (χ4n) is 5.97. The van der Waals surface area contributed by atoms with E-state index in [1.807, 2.05) is 11.0 Å². The lowest BCUT2D eigenvalue weighted by Crippen LogP contribution is -2.48. The number of halogens is 5. The van der Waals surface area contributed by atoms with E-state index in [0.717, 1.165) is 41.4 Å². The average molecular weight is 617 g/mol. The predicted molar refractivity (Wildman–Crippen MR) is 153 cm³/mol. The van der Waals surface area contributed by atoms with Crippen molar-refractivity contribution in [1.82, 2.24) is 19.4 Å². The molecule has 2 aliphatic rings. The summed E-state index contributed by atoms with van der Waals surface area (Å²) in [6.07, 6.45) is 1.14. The number of aromatic nitrogens is 3. The Labute approximate surface area is 248 Å². The van der Waals surface area contributed by atoms with Gasteiger partial charge in [0.25, 0.3) is 0 Å². The van der Waals surface area contributed by atoms with Crippen LogP contribution in [0.5, 0.6) is 11.6 Å². The molecular formula is C30H29F5N6O3. The van der Waals surface area contributed by atoms with Crippen LogP contribution in [0.3, 0.4) is 0 Å². The van der Waals surface area contributed by atoms with Gasteiger partial charge >= 0.3 is 6.18 Å². The van der Waals surface area contributed by atoms with Gasteiger partial charge in [-0.05, 0) is 42.7 Å². The van der Waals surface area contributed by atoms with E-state index in [4.69, 9.17) is 15.2 Å². The summed E-state index contributed by atoms with van der Waals surface area (Å²) < 4.78 is 82.7. The molecule has 0 saturated carbocycles. The molecule has 2 aliphatic heterocycles. The second kappa shape index (κ2) is 11.6. The maximum Gasteiger partial charge on any atom is 0.412 e. The molecule has 0 radical (unpaired) electrons. The van der Waals surface area contributed by atoms with Crippen LogP contribution in [0.15, 0.2) is 53.7 Å². The van der Waals surface area contributed by atoms with E-state index in [1.54, 1.807) is 30.6 Å². The van der Waals surface area contributed by atoms with Crippen LogP contribution in [0.2, 0.25) is 0 Å². The first-order valence-corrected chi connectivity index (χ1v) is 14.0. The zero-order valence-corrected chi connectivity index (χ0v) is 23.7. The summed E-state index contributed by atoms with van der Waals surface area (Å²) in [4.78, 5) is 26.2. The molecule has 3 aromatic heterocycles. The third-order valence-electron chi connectivity index (χ3n) is 8.16. The lowest BCUT2D eigenvalue weighted by atomic mass is 10.0. The van der Waals surface area contributed by atoms with Crippen LogP contribution in [0.4, 0.5) is 33.5 Å². The average Bonchev–Trinajstić information content (AvgIpc) is 3.01. The van der Waals surface area contributed by atoms with Crippen LogP contribution in [0.25, 0.3) is 10.9 Å². The van der Waals surface area contributed by atoms with E-state index in [2.05, 4.69) is 14.9 Å². The van der Waals surface area contributed by atoms with Crippen molar-refractivity contribution in [2.24, 2.45) is 0 Å². The molecule has 0 spiro atoms. The SMILES string of the molecule is COc1cc(CN(Cc2cn3c4c(c(F)c(F)cc4c2=O)OCC3C(F)(F)F)[C@H]2CCCN(c3ccc(N)nc3)C2)ccn1. The van der Waals surface area contributed by atoms with Gasteiger partial charge in [-0.1, -0.05) is 0 Å². The number of benzene rings is 1. The third-order valence-corrected chi connectivity index (χ3v) is 8.16. The van der Waals surface area contributed by atoms with Crippen molar-refractivity contribution in [2.75, 3.05) is 37.4 Å². The van der Waals surface area contributed by atoms with Crippen LogP contribution >= 0.6 is 0 Å². The summed E-state index contributed by atoms with van der Waals surface area (Å²) in [7, 11) is 1.49. The molecule has 14 heteroatoms. The van der Waals surface area contributed by atoms with Crippen LogP contribution in [-0.2, 0) is 13.1 Å². The molecule has 6 rings (SSSR count). The highest BCUT2D eigenvalue weighted by Gasteiger charge is 2.45. The fourth-order valence-corrected chi connectivity index (χ4v) is 5.97. The van der Waals surface area contributed by atoms with Gasteiger partial charge in [-0.2, -0.15) is 17.6 Å². The first-order chi connectivity index (χ1) is 21.0. The van der Waals surface area contributed by atoms with E-state index in [-0.39, 0.29) is 23.5 Å². The number of anilines is 2. The normalized spacial score (nSPS) is 18.5. The van der Waals surface area contributed by atoms with Gasteiger partial charge in [0.05, 0.1) is 29.9 Å². The van der Waals surface area contributed by atoms with Crippen molar-refractivity contribution < 1.29 is 31.4 Å². The molecule has 1 fully saturated rings. The molecule has 4 aromatic rings. The van der Waals surface area contributed by atoms with Crippen LogP contribution < -0.4 is 25.5 Å². The number of nitrogens with zero attached hydrogens (tertiary/aromatic N) is 5. The smallest absolute Gasteiger partial charge is 0.412 e. The summed E-state index contributed by atoms with van der Waals surface area (Å²) in [5.41, 5.74) is 6.33. The zero-order chi connectivity index (χ0) is 31.2. The van der Waals surface area contributed by atoms with Gasteiger partial charge in [0.15, 0.2) is 23.0 Å². The number of nitrogens with two attached hydrogens (primary N) is 1. The zero-order valence-electron chi connectivity index (χ0n) is 23.7. The van der Waals surface area contributed by atoms with Crippen molar-refractivity contribution in [1.29, 1.82) is 0 Å².